The van der Waals surface area contributed by atoms with Crippen molar-refractivity contribution < 1.29 is 21.9 Å². The molecule has 1 aromatic rings. The number of hydrogen-bond donors (Lipinski definition) is 0. The molecular formula is C20H22F2O3S. The van der Waals surface area contributed by atoms with Gasteiger partial charge in [0.05, 0.1) is 27.9 Å². The molecule has 2 spiro atoms. The van der Waals surface area contributed by atoms with Crippen LogP contribution in [0.25, 0.3) is 0 Å². The van der Waals surface area contributed by atoms with Crippen LogP contribution in [0.3, 0.4) is 0 Å². The Kier molecular flexibility index (Phi) is 3.22. The van der Waals surface area contributed by atoms with Crippen molar-refractivity contribution in [1.29, 1.82) is 0 Å². The van der Waals surface area contributed by atoms with E-state index in [2.05, 4.69) is 0 Å². The summed E-state index contributed by atoms with van der Waals surface area (Å²) >= 11 is 0. The average molecular weight is 380 g/mol. The van der Waals surface area contributed by atoms with Gasteiger partial charge in [-0.3, -0.25) is 0 Å². The highest BCUT2D eigenvalue weighted by atomic mass is 32.2. The molecule has 3 fully saturated rings. The highest BCUT2D eigenvalue weighted by Gasteiger charge is 2.98. The molecule has 2 heterocycles. The Morgan fingerprint density at radius 3 is 2.35 bits per heavy atom. The van der Waals surface area contributed by atoms with Crippen molar-refractivity contribution in [3.63, 3.8) is 0 Å². The summed E-state index contributed by atoms with van der Waals surface area (Å²) in [6, 6.07) is 6.49. The van der Waals surface area contributed by atoms with E-state index in [1.54, 1.807) is 24.3 Å². The smallest absolute Gasteiger partial charge is 0.265 e. The maximum absolute atomic E-state index is 15.5. The molecule has 4 atom stereocenters. The average Bonchev–Trinajstić information content (AvgIpc) is 3.08. The third-order valence-electron chi connectivity index (χ3n) is 7.22. The molecule has 5 rings (SSSR count). The van der Waals surface area contributed by atoms with Crippen molar-refractivity contribution in [3.05, 3.63) is 42.0 Å². The molecule has 26 heavy (non-hydrogen) atoms. The van der Waals surface area contributed by atoms with Gasteiger partial charge < -0.3 is 4.74 Å². The molecule has 2 bridgehead atoms. The summed E-state index contributed by atoms with van der Waals surface area (Å²) in [6.45, 7) is 1.87. The lowest BCUT2D eigenvalue weighted by Crippen LogP contribution is -2.43. The van der Waals surface area contributed by atoms with Gasteiger partial charge in [0.25, 0.3) is 5.92 Å². The SMILES string of the molecule is Cc1ccc(S(=O)(=O)[C@@H]2[C@@H]3C=C[C@@H](O3)[C@@]23C(F)(F)C32CCCCC2)cc1. The number of rotatable bonds is 2. The van der Waals surface area contributed by atoms with Crippen LogP contribution in [0.5, 0.6) is 0 Å². The Hall–Kier alpha value is -1.27. The van der Waals surface area contributed by atoms with Gasteiger partial charge in [0.15, 0.2) is 9.84 Å². The standard InChI is InChI=1S/C20H22F2O3S/c1-13-5-7-14(8-6-13)26(23,24)17-15-9-10-16(25-15)19(17)18(20(19,21)22)11-3-2-4-12-18/h5-10,15-17H,2-4,11-12H2,1H3/t15-,16+,17+,19+/m0/s1. The number of benzene rings is 1. The number of alkyl halides is 2. The van der Waals surface area contributed by atoms with Gasteiger partial charge in [0.2, 0.25) is 0 Å². The van der Waals surface area contributed by atoms with E-state index in [4.69, 9.17) is 4.74 Å². The first kappa shape index (κ1) is 16.9. The van der Waals surface area contributed by atoms with Crippen molar-refractivity contribution in [3.8, 4) is 0 Å². The molecule has 4 aliphatic rings. The lowest BCUT2D eigenvalue weighted by Gasteiger charge is -2.31. The summed E-state index contributed by atoms with van der Waals surface area (Å²) in [7, 11) is -3.93. The molecule has 0 radical (unpaired) electrons. The van der Waals surface area contributed by atoms with Crippen molar-refractivity contribution in [2.75, 3.05) is 0 Å². The number of sulfone groups is 1. The van der Waals surface area contributed by atoms with Gasteiger partial charge in [-0.25, -0.2) is 17.2 Å². The monoisotopic (exact) mass is 380 g/mol. The minimum atomic E-state index is -3.93. The largest absolute Gasteiger partial charge is 0.365 e. The van der Waals surface area contributed by atoms with Crippen LogP contribution < -0.4 is 0 Å². The van der Waals surface area contributed by atoms with Gasteiger partial charge in [0.1, 0.15) is 5.25 Å². The third-order valence-corrected chi connectivity index (χ3v) is 9.45. The maximum Gasteiger partial charge on any atom is 0.265 e. The van der Waals surface area contributed by atoms with Crippen LogP contribution in [0.15, 0.2) is 41.3 Å². The summed E-state index contributed by atoms with van der Waals surface area (Å²) in [4.78, 5) is 0.116. The van der Waals surface area contributed by atoms with Gasteiger partial charge in [0, 0.05) is 0 Å². The summed E-state index contributed by atoms with van der Waals surface area (Å²) < 4.78 is 63.6. The molecule has 2 aliphatic carbocycles. The normalized spacial score (nSPS) is 39.0. The van der Waals surface area contributed by atoms with Crippen molar-refractivity contribution >= 4 is 9.84 Å². The topological polar surface area (TPSA) is 43.4 Å². The van der Waals surface area contributed by atoms with Gasteiger partial charge in [-0.15, -0.1) is 0 Å². The Labute approximate surface area is 152 Å². The number of halogens is 2. The van der Waals surface area contributed by atoms with Crippen molar-refractivity contribution in [2.24, 2.45) is 10.8 Å². The zero-order valence-electron chi connectivity index (χ0n) is 14.6. The second kappa shape index (κ2) is 4.96. The minimum Gasteiger partial charge on any atom is -0.365 e. The summed E-state index contributed by atoms with van der Waals surface area (Å²) in [5.74, 6) is -3.01. The van der Waals surface area contributed by atoms with Gasteiger partial charge >= 0.3 is 0 Å². The molecule has 1 saturated heterocycles. The van der Waals surface area contributed by atoms with Crippen molar-refractivity contribution in [2.45, 2.75) is 67.3 Å². The summed E-state index contributed by atoms with van der Waals surface area (Å²) in [5, 5.41) is -1.21. The quantitative estimate of drug-likeness (QED) is 0.727. The number of fused-ring (bicyclic) bond motifs is 4. The molecular weight excluding hydrogens is 358 g/mol. The van der Waals surface area contributed by atoms with Gasteiger partial charge in [-0.1, -0.05) is 49.1 Å². The molecule has 0 aromatic heterocycles. The van der Waals surface area contributed by atoms with Crippen molar-refractivity contribution in [1.82, 2.24) is 0 Å². The number of aryl methyl sites for hydroxylation is 1. The molecule has 0 unspecified atom stereocenters. The lowest BCUT2D eigenvalue weighted by atomic mass is 9.75. The van der Waals surface area contributed by atoms with Crippen LogP contribution in [0.1, 0.15) is 37.7 Å². The van der Waals surface area contributed by atoms with Crippen LogP contribution >= 0.6 is 0 Å². The fourth-order valence-corrected chi connectivity index (χ4v) is 8.37. The molecule has 6 heteroatoms. The Morgan fingerprint density at radius 1 is 1.04 bits per heavy atom. The zero-order valence-corrected chi connectivity index (χ0v) is 15.4. The molecule has 0 amide bonds. The number of ether oxygens (including phenoxy) is 1. The van der Waals surface area contributed by atoms with E-state index >= 15 is 8.78 Å². The van der Waals surface area contributed by atoms with E-state index in [0.717, 1.165) is 24.8 Å². The zero-order chi connectivity index (χ0) is 18.4. The van der Waals surface area contributed by atoms with Crippen LogP contribution in [-0.4, -0.2) is 31.8 Å². The number of hydrogen-bond acceptors (Lipinski definition) is 3. The van der Waals surface area contributed by atoms with E-state index < -0.39 is 44.0 Å². The maximum atomic E-state index is 15.5. The predicted octanol–water partition coefficient (Wildman–Crippen LogP) is 4.06. The minimum absolute atomic E-state index is 0.116. The Morgan fingerprint density at radius 2 is 1.69 bits per heavy atom. The fourth-order valence-electron chi connectivity index (χ4n) is 6.06. The predicted molar refractivity (Wildman–Crippen MR) is 92.9 cm³/mol. The fraction of sp³-hybridized carbons (Fsp3) is 0.600. The molecule has 2 aliphatic heterocycles. The van der Waals surface area contributed by atoms with E-state index in [-0.39, 0.29) is 4.90 Å². The first-order chi connectivity index (χ1) is 12.3. The second-order valence-electron chi connectivity index (χ2n) is 8.27. The van der Waals surface area contributed by atoms with Crippen LogP contribution in [0.2, 0.25) is 0 Å². The summed E-state index contributed by atoms with van der Waals surface area (Å²) in [5.41, 5.74) is -1.91. The van der Waals surface area contributed by atoms with Crippen LogP contribution in [0.4, 0.5) is 8.78 Å². The molecule has 3 nitrogen and oxygen atoms in total. The third kappa shape index (κ3) is 1.65. The van der Waals surface area contributed by atoms with E-state index in [0.29, 0.717) is 12.8 Å². The summed E-state index contributed by atoms with van der Waals surface area (Å²) in [6.07, 6.45) is 4.94. The van der Waals surface area contributed by atoms with E-state index in [1.807, 2.05) is 6.92 Å². The molecule has 140 valence electrons. The van der Waals surface area contributed by atoms with E-state index in [1.165, 1.54) is 12.1 Å². The molecule has 2 saturated carbocycles. The first-order valence-corrected chi connectivity index (χ1v) is 10.9. The van der Waals surface area contributed by atoms with Crippen LogP contribution in [-0.2, 0) is 14.6 Å². The highest BCUT2D eigenvalue weighted by Crippen LogP contribution is 2.86. The van der Waals surface area contributed by atoms with Gasteiger partial charge in [-0.05, 0) is 31.9 Å². The highest BCUT2D eigenvalue weighted by molar-refractivity contribution is 7.92. The molecule has 0 N–H and O–H groups in total. The van der Waals surface area contributed by atoms with Gasteiger partial charge in [-0.2, -0.15) is 0 Å². The Balaban J connectivity index is 1.67. The lowest BCUT2D eigenvalue weighted by molar-refractivity contribution is 0.0225. The first-order valence-electron chi connectivity index (χ1n) is 9.31. The van der Waals surface area contributed by atoms with Crippen LogP contribution in [0, 0.1) is 17.8 Å². The van der Waals surface area contributed by atoms with E-state index in [9.17, 15) is 8.42 Å². The second-order valence-corrected chi connectivity index (χ2v) is 10.3. The Bertz CT molecular complexity index is 884. The molecule has 1 aromatic carbocycles.